The Bertz CT molecular complexity index is 635. The van der Waals surface area contributed by atoms with E-state index in [1.807, 2.05) is 22.7 Å². The minimum Gasteiger partial charge on any atom is -0.317 e. The Labute approximate surface area is 120 Å². The van der Waals surface area contributed by atoms with Gasteiger partial charge in [0.25, 0.3) is 0 Å². The number of fused-ring (bicyclic) bond motifs is 1. The Morgan fingerprint density at radius 2 is 2.26 bits per heavy atom. The van der Waals surface area contributed by atoms with Crippen molar-refractivity contribution in [3.63, 3.8) is 0 Å². The second-order valence-corrected chi connectivity index (χ2v) is 5.82. The summed E-state index contributed by atoms with van der Waals surface area (Å²) in [6.45, 7) is 2.17. The zero-order valence-electron chi connectivity index (χ0n) is 10.6. The van der Waals surface area contributed by atoms with Crippen LogP contribution in [0.3, 0.4) is 0 Å². The summed E-state index contributed by atoms with van der Waals surface area (Å²) >= 11 is 3.51. The van der Waals surface area contributed by atoms with Crippen molar-refractivity contribution in [2.45, 2.75) is 19.3 Å². The van der Waals surface area contributed by atoms with Gasteiger partial charge in [-0.05, 0) is 59.9 Å². The van der Waals surface area contributed by atoms with E-state index < -0.39 is 0 Å². The van der Waals surface area contributed by atoms with Gasteiger partial charge in [-0.2, -0.15) is 5.26 Å². The summed E-state index contributed by atoms with van der Waals surface area (Å²) < 4.78 is 2.97. The van der Waals surface area contributed by atoms with Crippen molar-refractivity contribution in [2.75, 3.05) is 13.1 Å². The average Bonchev–Trinajstić information content (AvgIpc) is 2.80. The summed E-state index contributed by atoms with van der Waals surface area (Å²) in [5.74, 6) is 1.66. The highest BCUT2D eigenvalue weighted by Crippen LogP contribution is 2.25. The van der Waals surface area contributed by atoms with Crippen LogP contribution in [0.1, 0.15) is 24.4 Å². The molecule has 0 bridgehead atoms. The Hall–Kier alpha value is -1.38. The van der Waals surface area contributed by atoms with Crippen LogP contribution in [0.2, 0.25) is 0 Å². The first-order valence-electron chi connectivity index (χ1n) is 6.56. The SMILES string of the molecule is N#Cc1nc(CC2CCNCC2)n2cccc(Br)c12. The molecule has 3 rings (SSSR count). The standard InChI is InChI=1S/C14H15BrN4/c15-11-2-1-7-19-13(18-12(9-16)14(11)19)8-10-3-5-17-6-4-10/h1-2,7,10,17H,3-6,8H2. The predicted molar refractivity (Wildman–Crippen MR) is 76.9 cm³/mol. The minimum atomic E-state index is 0.511. The Morgan fingerprint density at radius 1 is 1.47 bits per heavy atom. The molecule has 4 nitrogen and oxygen atoms in total. The first kappa shape index (κ1) is 12.6. The molecule has 0 spiro atoms. The molecule has 1 N–H and O–H groups in total. The summed E-state index contributed by atoms with van der Waals surface area (Å²) in [5.41, 5.74) is 1.39. The van der Waals surface area contributed by atoms with Crippen molar-refractivity contribution in [2.24, 2.45) is 5.92 Å². The summed E-state index contributed by atoms with van der Waals surface area (Å²) in [6.07, 6.45) is 5.31. The number of pyridine rings is 1. The molecule has 0 radical (unpaired) electrons. The molecular weight excluding hydrogens is 304 g/mol. The lowest BCUT2D eigenvalue weighted by Crippen LogP contribution is -2.29. The Morgan fingerprint density at radius 3 is 3.00 bits per heavy atom. The Balaban J connectivity index is 1.99. The molecule has 5 heteroatoms. The fourth-order valence-electron chi connectivity index (χ4n) is 2.73. The van der Waals surface area contributed by atoms with Gasteiger partial charge in [-0.25, -0.2) is 4.98 Å². The first-order chi connectivity index (χ1) is 9.29. The van der Waals surface area contributed by atoms with Crippen LogP contribution in [0.4, 0.5) is 0 Å². The van der Waals surface area contributed by atoms with Gasteiger partial charge in [0.15, 0.2) is 5.69 Å². The quantitative estimate of drug-likeness (QED) is 0.925. The third-order valence-electron chi connectivity index (χ3n) is 3.72. The number of nitrogens with zero attached hydrogens (tertiary/aromatic N) is 3. The number of piperidine rings is 1. The lowest BCUT2D eigenvalue weighted by Gasteiger charge is -2.21. The molecule has 2 aromatic heterocycles. The van der Waals surface area contributed by atoms with Gasteiger partial charge in [0, 0.05) is 17.1 Å². The van der Waals surface area contributed by atoms with Crippen LogP contribution in [-0.4, -0.2) is 22.5 Å². The van der Waals surface area contributed by atoms with Crippen molar-refractivity contribution in [3.05, 3.63) is 34.3 Å². The zero-order valence-corrected chi connectivity index (χ0v) is 12.2. The highest BCUT2D eigenvalue weighted by Gasteiger charge is 2.19. The molecule has 98 valence electrons. The fourth-order valence-corrected chi connectivity index (χ4v) is 3.26. The third kappa shape index (κ3) is 2.38. The van der Waals surface area contributed by atoms with E-state index >= 15 is 0 Å². The van der Waals surface area contributed by atoms with Gasteiger partial charge in [0.1, 0.15) is 11.9 Å². The fraction of sp³-hybridized carbons (Fsp3) is 0.429. The number of nitriles is 1. The van der Waals surface area contributed by atoms with Gasteiger partial charge in [-0.1, -0.05) is 0 Å². The molecule has 1 aliphatic heterocycles. The maximum absolute atomic E-state index is 9.22. The van der Waals surface area contributed by atoms with Crippen LogP contribution < -0.4 is 5.32 Å². The largest absolute Gasteiger partial charge is 0.317 e. The molecule has 0 atom stereocenters. The molecule has 1 saturated heterocycles. The van der Waals surface area contributed by atoms with Crippen LogP contribution in [0.25, 0.3) is 5.52 Å². The highest BCUT2D eigenvalue weighted by molar-refractivity contribution is 9.10. The molecule has 0 aromatic carbocycles. The summed E-state index contributed by atoms with van der Waals surface area (Å²) in [5, 5.41) is 12.6. The maximum atomic E-state index is 9.22. The second-order valence-electron chi connectivity index (χ2n) is 4.96. The monoisotopic (exact) mass is 318 g/mol. The van der Waals surface area contributed by atoms with Gasteiger partial charge >= 0.3 is 0 Å². The van der Waals surface area contributed by atoms with E-state index in [1.54, 1.807) is 0 Å². The van der Waals surface area contributed by atoms with E-state index in [4.69, 9.17) is 0 Å². The number of halogens is 1. The average molecular weight is 319 g/mol. The van der Waals surface area contributed by atoms with E-state index in [2.05, 4.69) is 32.3 Å². The molecule has 0 saturated carbocycles. The van der Waals surface area contributed by atoms with E-state index in [-0.39, 0.29) is 0 Å². The Kier molecular flexibility index (Phi) is 3.54. The molecule has 19 heavy (non-hydrogen) atoms. The van der Waals surface area contributed by atoms with Crippen LogP contribution in [0.5, 0.6) is 0 Å². The van der Waals surface area contributed by atoms with Gasteiger partial charge in [-0.3, -0.25) is 0 Å². The topological polar surface area (TPSA) is 53.1 Å². The van der Waals surface area contributed by atoms with Gasteiger partial charge in [0.05, 0.1) is 5.52 Å². The van der Waals surface area contributed by atoms with E-state index in [0.717, 1.165) is 35.3 Å². The lowest BCUT2D eigenvalue weighted by atomic mass is 9.94. The normalized spacial score (nSPS) is 16.6. The first-order valence-corrected chi connectivity index (χ1v) is 7.35. The number of hydrogen-bond donors (Lipinski definition) is 1. The number of hydrogen-bond acceptors (Lipinski definition) is 3. The van der Waals surface area contributed by atoms with Gasteiger partial charge < -0.3 is 9.72 Å². The number of imidazole rings is 1. The second kappa shape index (κ2) is 5.32. The van der Waals surface area contributed by atoms with Gasteiger partial charge in [-0.15, -0.1) is 0 Å². The number of aromatic nitrogens is 2. The van der Waals surface area contributed by atoms with Crippen LogP contribution in [-0.2, 0) is 6.42 Å². The van der Waals surface area contributed by atoms with Crippen LogP contribution in [0, 0.1) is 17.2 Å². The van der Waals surface area contributed by atoms with Gasteiger partial charge in [0.2, 0.25) is 0 Å². The summed E-state index contributed by atoms with van der Waals surface area (Å²) in [7, 11) is 0. The smallest absolute Gasteiger partial charge is 0.167 e. The number of rotatable bonds is 2. The number of nitrogens with one attached hydrogen (secondary N) is 1. The molecule has 2 aromatic rings. The van der Waals surface area contributed by atoms with Crippen LogP contribution >= 0.6 is 15.9 Å². The van der Waals surface area contributed by atoms with Crippen molar-refractivity contribution in [1.82, 2.24) is 14.7 Å². The van der Waals surface area contributed by atoms with E-state index in [0.29, 0.717) is 11.6 Å². The highest BCUT2D eigenvalue weighted by atomic mass is 79.9. The molecule has 0 unspecified atom stereocenters. The molecule has 0 aliphatic carbocycles. The third-order valence-corrected chi connectivity index (χ3v) is 4.36. The van der Waals surface area contributed by atoms with Crippen molar-refractivity contribution < 1.29 is 0 Å². The lowest BCUT2D eigenvalue weighted by molar-refractivity contribution is 0.367. The van der Waals surface area contributed by atoms with Crippen molar-refractivity contribution in [1.29, 1.82) is 5.26 Å². The van der Waals surface area contributed by atoms with E-state index in [9.17, 15) is 5.26 Å². The predicted octanol–water partition coefficient (Wildman–Crippen LogP) is 2.51. The zero-order chi connectivity index (χ0) is 13.2. The van der Waals surface area contributed by atoms with Crippen molar-refractivity contribution >= 4 is 21.4 Å². The molecule has 1 fully saturated rings. The van der Waals surface area contributed by atoms with Crippen molar-refractivity contribution in [3.8, 4) is 6.07 Å². The molecule has 1 aliphatic rings. The maximum Gasteiger partial charge on any atom is 0.167 e. The minimum absolute atomic E-state index is 0.511. The summed E-state index contributed by atoms with van der Waals surface area (Å²) in [6, 6.07) is 6.12. The molecule has 0 amide bonds. The van der Waals surface area contributed by atoms with E-state index in [1.165, 1.54) is 12.8 Å². The van der Waals surface area contributed by atoms with Crippen LogP contribution in [0.15, 0.2) is 22.8 Å². The molecular formula is C14H15BrN4. The molecule has 3 heterocycles. The summed E-state index contributed by atoms with van der Waals surface area (Å²) in [4.78, 5) is 4.51.